The molecule has 1 aromatic carbocycles. The summed E-state index contributed by atoms with van der Waals surface area (Å²) < 4.78 is 5.93. The van der Waals surface area contributed by atoms with E-state index in [1.54, 1.807) is 6.07 Å². The maximum Gasteiger partial charge on any atom is 0.154 e. The zero-order valence-corrected chi connectivity index (χ0v) is 10.2. The number of rotatable bonds is 4. The molecule has 88 valence electrons. The Labute approximate surface area is 104 Å². The monoisotopic (exact) mass is 228 g/mol. The molecule has 0 heterocycles. The van der Waals surface area contributed by atoms with Gasteiger partial charge in [0.25, 0.3) is 0 Å². The summed E-state index contributed by atoms with van der Waals surface area (Å²) in [7, 11) is 5.34. The van der Waals surface area contributed by atoms with Crippen LogP contribution in [0.3, 0.4) is 0 Å². The van der Waals surface area contributed by atoms with E-state index in [0.29, 0.717) is 11.7 Å². The Morgan fingerprint density at radius 2 is 2.12 bits per heavy atom. The van der Waals surface area contributed by atoms with Crippen molar-refractivity contribution in [3.8, 4) is 5.75 Å². The Kier molecular flexibility index (Phi) is 3.87. The van der Waals surface area contributed by atoms with Crippen molar-refractivity contribution < 1.29 is 9.53 Å². The van der Waals surface area contributed by atoms with Crippen molar-refractivity contribution in [2.45, 2.75) is 45.0 Å². The maximum atomic E-state index is 11.5. The highest BCUT2D eigenvalue weighted by Gasteiger charge is 2.17. The molecule has 1 saturated carbocycles. The van der Waals surface area contributed by atoms with Crippen LogP contribution in [0, 0.1) is 6.92 Å². The molecular weight excluding hydrogens is 211 g/mol. The van der Waals surface area contributed by atoms with Gasteiger partial charge in [0, 0.05) is 5.56 Å². The lowest BCUT2D eigenvalue weighted by molar-refractivity contribution is 0.101. The molecule has 2 rings (SSSR count). The van der Waals surface area contributed by atoms with E-state index in [9.17, 15) is 4.79 Å². The van der Waals surface area contributed by atoms with Gasteiger partial charge in [0.1, 0.15) is 5.75 Å². The number of carbonyl (C=O) groups is 1. The van der Waals surface area contributed by atoms with Crippen molar-refractivity contribution in [3.05, 3.63) is 29.3 Å². The molecule has 17 heavy (non-hydrogen) atoms. The van der Waals surface area contributed by atoms with Crippen molar-refractivity contribution in [3.63, 3.8) is 0 Å². The molecular formula is C14H17BO2. The highest BCUT2D eigenvalue weighted by atomic mass is 16.5. The third kappa shape index (κ3) is 2.90. The first-order valence-corrected chi connectivity index (χ1v) is 6.21. The van der Waals surface area contributed by atoms with Gasteiger partial charge in [-0.15, -0.1) is 0 Å². The van der Waals surface area contributed by atoms with E-state index in [-0.39, 0.29) is 12.1 Å². The molecule has 1 aliphatic rings. The molecule has 0 bridgehead atoms. The van der Waals surface area contributed by atoms with Crippen molar-refractivity contribution >= 4 is 13.6 Å². The van der Waals surface area contributed by atoms with Crippen molar-refractivity contribution in [2.75, 3.05) is 0 Å². The summed E-state index contributed by atoms with van der Waals surface area (Å²) in [6.45, 7) is 1.97. The average molecular weight is 228 g/mol. The van der Waals surface area contributed by atoms with Crippen LogP contribution in [0.5, 0.6) is 5.75 Å². The quantitative estimate of drug-likeness (QED) is 0.584. The van der Waals surface area contributed by atoms with Gasteiger partial charge in [-0.3, -0.25) is 4.79 Å². The largest absolute Gasteiger partial charge is 0.490 e. The van der Waals surface area contributed by atoms with E-state index in [2.05, 4.69) is 0 Å². The number of hydrogen-bond acceptors (Lipinski definition) is 2. The maximum absolute atomic E-state index is 11.5. The predicted octanol–water partition coefficient (Wildman–Crippen LogP) is 3.09. The van der Waals surface area contributed by atoms with Crippen LogP contribution in [0.1, 0.15) is 41.6 Å². The number of benzene rings is 1. The molecule has 2 nitrogen and oxygen atoms in total. The van der Waals surface area contributed by atoms with Crippen molar-refractivity contribution in [1.82, 2.24) is 0 Å². The topological polar surface area (TPSA) is 26.3 Å². The number of hydrogen-bond donors (Lipinski definition) is 0. The molecule has 1 aliphatic carbocycles. The summed E-state index contributed by atoms with van der Waals surface area (Å²) in [5.74, 6) is 0.867. The van der Waals surface area contributed by atoms with Gasteiger partial charge in [-0.25, -0.2) is 0 Å². The molecule has 0 aromatic heterocycles. The summed E-state index contributed by atoms with van der Waals surface area (Å²) in [5, 5.41) is 0. The van der Waals surface area contributed by atoms with Gasteiger partial charge in [0.15, 0.2) is 5.78 Å². The summed E-state index contributed by atoms with van der Waals surface area (Å²) >= 11 is 0. The van der Waals surface area contributed by atoms with E-state index >= 15 is 0 Å². The normalized spacial score (nSPS) is 16.1. The minimum atomic E-state index is -0.0273. The van der Waals surface area contributed by atoms with Crippen molar-refractivity contribution in [2.24, 2.45) is 0 Å². The van der Waals surface area contributed by atoms with Crippen LogP contribution in [-0.2, 0) is 0 Å². The van der Waals surface area contributed by atoms with Crippen LogP contribution in [0.2, 0.25) is 6.32 Å². The molecule has 0 aliphatic heterocycles. The van der Waals surface area contributed by atoms with Gasteiger partial charge in [-0.2, -0.15) is 0 Å². The van der Waals surface area contributed by atoms with E-state index < -0.39 is 0 Å². The van der Waals surface area contributed by atoms with E-state index in [0.717, 1.165) is 24.2 Å². The Balaban J connectivity index is 2.10. The second-order valence-corrected chi connectivity index (χ2v) is 4.63. The van der Waals surface area contributed by atoms with Crippen LogP contribution >= 0.6 is 0 Å². The summed E-state index contributed by atoms with van der Waals surface area (Å²) in [6, 6.07) is 5.54. The third-order valence-corrected chi connectivity index (χ3v) is 3.28. The molecule has 0 atom stereocenters. The molecule has 0 amide bonds. The number of aryl methyl sites for hydroxylation is 1. The first-order chi connectivity index (χ1) is 8.20. The molecule has 0 unspecified atom stereocenters. The van der Waals surface area contributed by atoms with Crippen LogP contribution in [-0.4, -0.2) is 19.7 Å². The van der Waals surface area contributed by atoms with Gasteiger partial charge >= 0.3 is 0 Å². The predicted molar refractivity (Wildman–Crippen MR) is 69.0 cm³/mol. The summed E-state index contributed by atoms with van der Waals surface area (Å²) in [6.07, 6.45) is 5.21. The number of ketones is 1. The standard InChI is InChI=1S/C14H17BO2/c1-10-8-11(13(16)9-15)6-7-14(10)17-12-4-2-3-5-12/h6-8,12H,2-5,9H2,1H3. The van der Waals surface area contributed by atoms with Gasteiger partial charge in [0.05, 0.1) is 14.0 Å². The Bertz CT molecular complexity index is 409. The summed E-state index contributed by atoms with van der Waals surface area (Å²) in [4.78, 5) is 11.5. The Morgan fingerprint density at radius 1 is 1.41 bits per heavy atom. The van der Waals surface area contributed by atoms with Gasteiger partial charge < -0.3 is 4.74 Å². The molecule has 0 spiro atoms. The lowest BCUT2D eigenvalue weighted by Crippen LogP contribution is -2.12. The zero-order valence-electron chi connectivity index (χ0n) is 10.2. The molecule has 0 saturated heterocycles. The van der Waals surface area contributed by atoms with Crippen LogP contribution in [0.15, 0.2) is 18.2 Å². The SMILES string of the molecule is [B]CC(=O)c1ccc(OC2CCCC2)c(C)c1. The van der Waals surface area contributed by atoms with Gasteiger partial charge in [-0.1, -0.05) is 0 Å². The smallest absolute Gasteiger partial charge is 0.154 e. The fraction of sp³-hybridized carbons (Fsp3) is 0.500. The Morgan fingerprint density at radius 3 is 2.71 bits per heavy atom. The highest BCUT2D eigenvalue weighted by molar-refractivity contribution is 6.24. The van der Waals surface area contributed by atoms with Crippen LogP contribution < -0.4 is 4.74 Å². The average Bonchev–Trinajstić information content (AvgIpc) is 2.83. The second kappa shape index (κ2) is 5.39. The first-order valence-electron chi connectivity index (χ1n) is 6.21. The lowest BCUT2D eigenvalue weighted by Gasteiger charge is -2.15. The molecule has 3 heteroatoms. The van der Waals surface area contributed by atoms with Crippen molar-refractivity contribution in [1.29, 1.82) is 0 Å². The number of ether oxygens (including phenoxy) is 1. The highest BCUT2D eigenvalue weighted by Crippen LogP contribution is 2.27. The molecule has 1 fully saturated rings. The summed E-state index contributed by atoms with van der Waals surface area (Å²) in [5.41, 5.74) is 1.68. The Hall–Kier alpha value is -1.25. The van der Waals surface area contributed by atoms with E-state index in [1.165, 1.54) is 12.8 Å². The molecule has 2 radical (unpaired) electrons. The van der Waals surface area contributed by atoms with E-state index in [1.807, 2.05) is 19.1 Å². The fourth-order valence-corrected chi connectivity index (χ4v) is 2.26. The van der Waals surface area contributed by atoms with E-state index in [4.69, 9.17) is 12.6 Å². The molecule has 0 N–H and O–H groups in total. The molecule has 1 aromatic rings. The number of carbonyl (C=O) groups excluding carboxylic acids is 1. The van der Waals surface area contributed by atoms with Crippen LogP contribution in [0.25, 0.3) is 0 Å². The number of Topliss-reactive ketones (excluding diaryl/α,β-unsaturated/α-hetero) is 1. The minimum Gasteiger partial charge on any atom is -0.490 e. The second-order valence-electron chi connectivity index (χ2n) is 4.63. The lowest BCUT2D eigenvalue weighted by atomic mass is 9.95. The van der Waals surface area contributed by atoms with Gasteiger partial charge in [-0.05, 0) is 62.7 Å². The fourth-order valence-electron chi connectivity index (χ4n) is 2.26. The van der Waals surface area contributed by atoms with Crippen LogP contribution in [0.4, 0.5) is 0 Å². The minimum absolute atomic E-state index is 0.0273. The zero-order chi connectivity index (χ0) is 12.3. The first kappa shape index (κ1) is 12.2. The third-order valence-electron chi connectivity index (χ3n) is 3.28. The van der Waals surface area contributed by atoms with Gasteiger partial charge in [0.2, 0.25) is 0 Å².